The molecular formula is C19H27N7O3. The van der Waals surface area contributed by atoms with Gasteiger partial charge in [0.2, 0.25) is 11.9 Å². The maximum atomic E-state index is 12.4. The summed E-state index contributed by atoms with van der Waals surface area (Å²) in [6.07, 6.45) is 0. The highest BCUT2D eigenvalue weighted by molar-refractivity contribution is 5.91. The number of nitrogens with zero attached hydrogens (tertiary/aromatic N) is 5. The number of rotatable bonds is 6. The molecule has 10 nitrogen and oxygen atoms in total. The van der Waals surface area contributed by atoms with Crippen LogP contribution in [0.25, 0.3) is 0 Å². The lowest BCUT2D eigenvalue weighted by Crippen LogP contribution is -2.38. The summed E-state index contributed by atoms with van der Waals surface area (Å²) in [5.41, 5.74) is 1.62. The predicted molar refractivity (Wildman–Crippen MR) is 111 cm³/mol. The minimum Gasteiger partial charge on any atom is -0.495 e. The quantitative estimate of drug-likeness (QED) is 0.749. The molecule has 0 saturated carbocycles. The molecule has 1 aromatic heterocycles. The number of morpholine rings is 1. The van der Waals surface area contributed by atoms with Crippen molar-refractivity contribution >= 4 is 23.6 Å². The lowest BCUT2D eigenvalue weighted by molar-refractivity contribution is 0.122. The number of nitrogens with one attached hydrogen (secondary N) is 2. The van der Waals surface area contributed by atoms with Gasteiger partial charge in [0.05, 0.1) is 32.6 Å². The maximum Gasteiger partial charge on any atom is 0.319 e. The number of benzene rings is 1. The Morgan fingerprint density at radius 3 is 2.69 bits per heavy atom. The molecule has 156 valence electrons. The van der Waals surface area contributed by atoms with E-state index in [1.54, 1.807) is 7.11 Å². The van der Waals surface area contributed by atoms with Crippen LogP contribution in [0.4, 0.5) is 22.4 Å². The van der Waals surface area contributed by atoms with Crippen molar-refractivity contribution in [2.45, 2.75) is 13.5 Å². The first-order valence-corrected chi connectivity index (χ1v) is 9.40. The number of urea groups is 1. The molecule has 1 aliphatic heterocycles. The number of ether oxygens (including phenoxy) is 2. The molecule has 1 aromatic carbocycles. The summed E-state index contributed by atoms with van der Waals surface area (Å²) in [7, 11) is 5.30. The number of hydrogen-bond donors (Lipinski definition) is 2. The Balaban J connectivity index is 1.70. The molecule has 3 rings (SSSR count). The van der Waals surface area contributed by atoms with Gasteiger partial charge >= 0.3 is 6.03 Å². The van der Waals surface area contributed by atoms with Crippen molar-refractivity contribution in [1.82, 2.24) is 20.3 Å². The number of amides is 2. The summed E-state index contributed by atoms with van der Waals surface area (Å²) in [5.74, 6) is 2.20. The van der Waals surface area contributed by atoms with Crippen LogP contribution in [-0.4, -0.2) is 68.5 Å². The van der Waals surface area contributed by atoms with E-state index in [-0.39, 0.29) is 12.6 Å². The van der Waals surface area contributed by atoms with E-state index in [9.17, 15) is 4.79 Å². The van der Waals surface area contributed by atoms with E-state index in [4.69, 9.17) is 9.47 Å². The van der Waals surface area contributed by atoms with Gasteiger partial charge in [-0.05, 0) is 24.6 Å². The third kappa shape index (κ3) is 5.44. The van der Waals surface area contributed by atoms with Gasteiger partial charge in [-0.2, -0.15) is 15.0 Å². The van der Waals surface area contributed by atoms with E-state index < -0.39 is 0 Å². The Kier molecular flexibility index (Phi) is 6.65. The van der Waals surface area contributed by atoms with E-state index in [1.807, 2.05) is 44.1 Å². The number of carbonyl (C=O) groups excluding carboxylic acids is 1. The van der Waals surface area contributed by atoms with Crippen LogP contribution in [0.1, 0.15) is 11.4 Å². The van der Waals surface area contributed by atoms with Crippen LogP contribution in [0.3, 0.4) is 0 Å². The van der Waals surface area contributed by atoms with Gasteiger partial charge in [-0.1, -0.05) is 6.07 Å². The highest BCUT2D eigenvalue weighted by Gasteiger charge is 2.17. The summed E-state index contributed by atoms with van der Waals surface area (Å²) in [4.78, 5) is 29.7. The Morgan fingerprint density at radius 2 is 2.00 bits per heavy atom. The van der Waals surface area contributed by atoms with Gasteiger partial charge in [0.15, 0.2) is 5.82 Å². The molecule has 2 heterocycles. The number of carbonyl (C=O) groups is 1. The van der Waals surface area contributed by atoms with Crippen LogP contribution >= 0.6 is 0 Å². The smallest absolute Gasteiger partial charge is 0.319 e. The van der Waals surface area contributed by atoms with E-state index in [0.29, 0.717) is 42.4 Å². The van der Waals surface area contributed by atoms with Crippen LogP contribution in [-0.2, 0) is 11.3 Å². The first-order chi connectivity index (χ1) is 14.0. The molecule has 0 bridgehead atoms. The molecule has 0 atom stereocenters. The van der Waals surface area contributed by atoms with Crippen molar-refractivity contribution in [1.29, 1.82) is 0 Å². The zero-order valence-electron chi connectivity index (χ0n) is 17.2. The van der Waals surface area contributed by atoms with Crippen molar-refractivity contribution < 1.29 is 14.3 Å². The number of aryl methyl sites for hydroxylation is 1. The Bertz CT molecular complexity index is 854. The molecule has 0 radical (unpaired) electrons. The minimum atomic E-state index is -0.367. The summed E-state index contributed by atoms with van der Waals surface area (Å²) in [6, 6.07) is 5.22. The molecule has 1 saturated heterocycles. The predicted octanol–water partition coefficient (Wildman–Crippen LogP) is 1.41. The SMILES string of the molecule is COc1ccc(C)cc1NC(=O)NCc1nc(N(C)C)nc(N2CCOCC2)n1. The van der Waals surface area contributed by atoms with Crippen LogP contribution in [0.15, 0.2) is 18.2 Å². The fourth-order valence-electron chi connectivity index (χ4n) is 2.82. The van der Waals surface area contributed by atoms with Crippen molar-refractivity contribution in [2.75, 3.05) is 62.6 Å². The largest absolute Gasteiger partial charge is 0.495 e. The normalized spacial score (nSPS) is 13.7. The summed E-state index contributed by atoms with van der Waals surface area (Å²) in [5, 5.41) is 5.60. The summed E-state index contributed by atoms with van der Waals surface area (Å²) in [6.45, 7) is 4.83. The minimum absolute atomic E-state index is 0.167. The molecule has 2 amide bonds. The zero-order chi connectivity index (χ0) is 20.8. The van der Waals surface area contributed by atoms with Crippen molar-refractivity contribution in [2.24, 2.45) is 0 Å². The molecule has 29 heavy (non-hydrogen) atoms. The third-order valence-electron chi connectivity index (χ3n) is 4.36. The molecule has 0 spiro atoms. The number of aromatic nitrogens is 3. The molecular weight excluding hydrogens is 374 g/mol. The first kappa shape index (κ1) is 20.6. The lowest BCUT2D eigenvalue weighted by atomic mass is 10.2. The second-order valence-electron chi connectivity index (χ2n) is 6.86. The van der Waals surface area contributed by atoms with Crippen molar-refractivity contribution in [3.05, 3.63) is 29.6 Å². The van der Waals surface area contributed by atoms with E-state index in [1.165, 1.54) is 0 Å². The number of hydrogen-bond acceptors (Lipinski definition) is 8. The monoisotopic (exact) mass is 401 g/mol. The van der Waals surface area contributed by atoms with Crippen molar-refractivity contribution in [3.8, 4) is 5.75 Å². The standard InChI is InChI=1S/C19H27N7O3/c1-13-5-6-15(28-4)14(11-13)21-19(27)20-12-16-22-17(25(2)3)24-18(23-16)26-7-9-29-10-8-26/h5-6,11H,7-10,12H2,1-4H3,(H2,20,21,27). The van der Waals surface area contributed by atoms with Gasteiger partial charge in [0.1, 0.15) is 5.75 Å². The van der Waals surface area contributed by atoms with Gasteiger partial charge in [-0.25, -0.2) is 4.79 Å². The van der Waals surface area contributed by atoms with E-state index >= 15 is 0 Å². The average molecular weight is 401 g/mol. The number of anilines is 3. The number of methoxy groups -OCH3 is 1. The van der Waals surface area contributed by atoms with Crippen LogP contribution in [0, 0.1) is 6.92 Å². The second kappa shape index (κ2) is 9.37. The van der Waals surface area contributed by atoms with Gasteiger partial charge in [0.25, 0.3) is 0 Å². The fraction of sp³-hybridized carbons (Fsp3) is 0.474. The zero-order valence-corrected chi connectivity index (χ0v) is 17.2. The Morgan fingerprint density at radius 1 is 1.24 bits per heavy atom. The molecule has 2 aromatic rings. The van der Waals surface area contributed by atoms with Gasteiger partial charge < -0.3 is 29.9 Å². The highest BCUT2D eigenvalue weighted by Crippen LogP contribution is 2.25. The third-order valence-corrected chi connectivity index (χ3v) is 4.36. The first-order valence-electron chi connectivity index (χ1n) is 9.40. The summed E-state index contributed by atoms with van der Waals surface area (Å²) >= 11 is 0. The topological polar surface area (TPSA) is 105 Å². The van der Waals surface area contributed by atoms with E-state index in [2.05, 4.69) is 30.5 Å². The molecule has 0 aliphatic carbocycles. The molecule has 2 N–H and O–H groups in total. The van der Waals surface area contributed by atoms with Crippen LogP contribution < -0.4 is 25.2 Å². The van der Waals surface area contributed by atoms with Gasteiger partial charge in [0, 0.05) is 27.2 Å². The molecule has 1 aliphatic rings. The second-order valence-corrected chi connectivity index (χ2v) is 6.86. The maximum absolute atomic E-state index is 12.4. The molecule has 1 fully saturated rings. The Labute approximate surface area is 170 Å². The van der Waals surface area contributed by atoms with Gasteiger partial charge in [-0.3, -0.25) is 0 Å². The van der Waals surface area contributed by atoms with Crippen LogP contribution in [0.2, 0.25) is 0 Å². The Hall–Kier alpha value is -3.14. The van der Waals surface area contributed by atoms with Crippen LogP contribution in [0.5, 0.6) is 5.75 Å². The van der Waals surface area contributed by atoms with E-state index in [0.717, 1.165) is 18.7 Å². The fourth-order valence-corrected chi connectivity index (χ4v) is 2.82. The molecule has 10 heteroatoms. The molecule has 0 unspecified atom stereocenters. The highest BCUT2D eigenvalue weighted by atomic mass is 16.5. The summed E-state index contributed by atoms with van der Waals surface area (Å²) < 4.78 is 10.7. The van der Waals surface area contributed by atoms with Crippen molar-refractivity contribution in [3.63, 3.8) is 0 Å². The lowest BCUT2D eigenvalue weighted by Gasteiger charge is -2.27. The van der Waals surface area contributed by atoms with Gasteiger partial charge in [-0.15, -0.1) is 0 Å². The average Bonchev–Trinajstić information content (AvgIpc) is 2.73.